The molecule has 0 saturated heterocycles. The van der Waals surface area contributed by atoms with Crippen molar-refractivity contribution in [2.75, 3.05) is 0 Å². The molecular weight excluding hydrogens is 275 g/mol. The van der Waals surface area contributed by atoms with E-state index in [-0.39, 0.29) is 22.6 Å². The van der Waals surface area contributed by atoms with Crippen LogP contribution in [-0.2, 0) is 0 Å². The van der Waals surface area contributed by atoms with Gasteiger partial charge < -0.3 is 10.2 Å². The Balaban J connectivity index is 2.68. The van der Waals surface area contributed by atoms with E-state index in [1.54, 1.807) is 6.07 Å². The van der Waals surface area contributed by atoms with Crippen molar-refractivity contribution in [1.29, 1.82) is 0 Å². The summed E-state index contributed by atoms with van der Waals surface area (Å²) >= 11 is 3.14. The van der Waals surface area contributed by atoms with E-state index < -0.39 is 5.82 Å². The molecule has 0 aliphatic rings. The predicted octanol–water partition coefficient (Wildman–Crippen LogP) is 3.67. The molecule has 2 nitrogen and oxygen atoms in total. The smallest absolute Gasteiger partial charge is 0.132 e. The fraction of sp³-hybridized carbons (Fsp3) is 0. The molecule has 2 N–H and O–H groups in total. The van der Waals surface area contributed by atoms with Crippen molar-refractivity contribution >= 4 is 15.9 Å². The van der Waals surface area contributed by atoms with E-state index in [2.05, 4.69) is 15.9 Å². The molecule has 2 aromatic carbocycles. The lowest BCUT2D eigenvalue weighted by Gasteiger charge is -2.08. The van der Waals surface area contributed by atoms with Crippen LogP contribution in [0.2, 0.25) is 0 Å². The Morgan fingerprint density at radius 2 is 1.62 bits per heavy atom. The summed E-state index contributed by atoms with van der Waals surface area (Å²) in [5.41, 5.74) is 0.270. The maximum absolute atomic E-state index is 13.6. The maximum Gasteiger partial charge on any atom is 0.132 e. The first-order valence-corrected chi connectivity index (χ1v) is 5.35. The van der Waals surface area contributed by atoms with Gasteiger partial charge >= 0.3 is 0 Å². The molecule has 82 valence electrons. The van der Waals surface area contributed by atoms with Gasteiger partial charge in [-0.2, -0.15) is 0 Å². The minimum atomic E-state index is -0.508. The van der Waals surface area contributed by atoms with Gasteiger partial charge in [0, 0.05) is 10.0 Å². The van der Waals surface area contributed by atoms with Crippen LogP contribution in [-0.4, -0.2) is 10.2 Å². The van der Waals surface area contributed by atoms with Gasteiger partial charge in [-0.3, -0.25) is 0 Å². The van der Waals surface area contributed by atoms with Crippen LogP contribution in [0.4, 0.5) is 4.39 Å². The third-order valence-corrected chi connectivity index (χ3v) is 2.71. The fourth-order valence-corrected chi connectivity index (χ4v) is 1.83. The van der Waals surface area contributed by atoms with E-state index in [1.807, 2.05) is 0 Å². The lowest BCUT2D eigenvalue weighted by atomic mass is 10.0. The molecule has 0 unspecified atom stereocenters. The van der Waals surface area contributed by atoms with E-state index in [1.165, 1.54) is 30.3 Å². The Kier molecular flexibility index (Phi) is 2.83. The summed E-state index contributed by atoms with van der Waals surface area (Å²) in [6.45, 7) is 0. The third kappa shape index (κ3) is 1.88. The predicted molar refractivity (Wildman–Crippen MR) is 62.9 cm³/mol. The average Bonchev–Trinajstić information content (AvgIpc) is 2.20. The highest BCUT2D eigenvalue weighted by molar-refractivity contribution is 9.10. The number of phenolic OH excluding ortho intramolecular Hbond substituents is 2. The van der Waals surface area contributed by atoms with Crippen molar-refractivity contribution in [2.24, 2.45) is 0 Å². The fourth-order valence-electron chi connectivity index (χ4n) is 1.50. The molecule has 0 aliphatic heterocycles. The van der Waals surface area contributed by atoms with Gasteiger partial charge in [0.15, 0.2) is 0 Å². The number of aromatic hydroxyl groups is 2. The molecule has 0 fully saturated rings. The molecule has 0 atom stereocenters. The maximum atomic E-state index is 13.6. The first kappa shape index (κ1) is 11.0. The monoisotopic (exact) mass is 282 g/mol. The summed E-state index contributed by atoms with van der Waals surface area (Å²) in [6.07, 6.45) is 0. The van der Waals surface area contributed by atoms with Gasteiger partial charge in [0.2, 0.25) is 0 Å². The molecule has 2 aromatic rings. The Morgan fingerprint density at radius 3 is 2.19 bits per heavy atom. The molecule has 0 amide bonds. The lowest BCUT2D eigenvalue weighted by molar-refractivity contribution is 0.453. The first-order valence-electron chi connectivity index (χ1n) is 4.56. The van der Waals surface area contributed by atoms with Crippen molar-refractivity contribution in [3.63, 3.8) is 0 Å². The highest BCUT2D eigenvalue weighted by atomic mass is 79.9. The Bertz CT molecular complexity index is 520. The SMILES string of the molecule is Oc1cccc(O)c1-c1ccc(Br)cc1F. The zero-order valence-electron chi connectivity index (χ0n) is 8.11. The molecular formula is C12H8BrFO2. The second-order valence-corrected chi connectivity index (χ2v) is 4.21. The van der Waals surface area contributed by atoms with Crippen LogP contribution in [0, 0.1) is 5.82 Å². The lowest BCUT2D eigenvalue weighted by Crippen LogP contribution is -1.86. The van der Waals surface area contributed by atoms with E-state index in [0.717, 1.165) is 0 Å². The number of phenols is 2. The van der Waals surface area contributed by atoms with Gasteiger partial charge in [0.05, 0.1) is 5.56 Å². The first-order chi connectivity index (χ1) is 7.59. The van der Waals surface area contributed by atoms with Gasteiger partial charge in [-0.05, 0) is 24.3 Å². The van der Waals surface area contributed by atoms with Crippen molar-refractivity contribution in [1.82, 2.24) is 0 Å². The second kappa shape index (κ2) is 4.14. The summed E-state index contributed by atoms with van der Waals surface area (Å²) in [5, 5.41) is 19.2. The molecule has 0 aromatic heterocycles. The van der Waals surface area contributed by atoms with Gasteiger partial charge in [-0.1, -0.05) is 28.1 Å². The molecule has 0 aliphatic carbocycles. The van der Waals surface area contributed by atoms with Crippen molar-refractivity contribution in [2.45, 2.75) is 0 Å². The van der Waals surface area contributed by atoms with E-state index in [0.29, 0.717) is 4.47 Å². The Hall–Kier alpha value is -1.55. The molecule has 0 spiro atoms. The Labute approximate surface area is 100 Å². The molecule has 0 saturated carbocycles. The zero-order valence-corrected chi connectivity index (χ0v) is 9.70. The van der Waals surface area contributed by atoms with Gasteiger partial charge in [-0.25, -0.2) is 4.39 Å². The van der Waals surface area contributed by atoms with Crippen LogP contribution < -0.4 is 0 Å². The largest absolute Gasteiger partial charge is 0.507 e. The highest BCUT2D eigenvalue weighted by Gasteiger charge is 2.13. The zero-order chi connectivity index (χ0) is 11.7. The number of hydrogen-bond donors (Lipinski definition) is 2. The quantitative estimate of drug-likeness (QED) is 0.838. The summed E-state index contributed by atoms with van der Waals surface area (Å²) < 4.78 is 14.2. The molecule has 0 bridgehead atoms. The van der Waals surface area contributed by atoms with Crippen LogP contribution in [0.15, 0.2) is 40.9 Å². The van der Waals surface area contributed by atoms with Crippen molar-refractivity contribution < 1.29 is 14.6 Å². The summed E-state index contributed by atoms with van der Waals surface area (Å²) in [4.78, 5) is 0. The number of hydrogen-bond acceptors (Lipinski definition) is 2. The minimum absolute atomic E-state index is 0.104. The van der Waals surface area contributed by atoms with Gasteiger partial charge in [0.1, 0.15) is 17.3 Å². The van der Waals surface area contributed by atoms with Crippen LogP contribution in [0.25, 0.3) is 11.1 Å². The summed E-state index contributed by atoms with van der Waals surface area (Å²) in [5.74, 6) is -0.811. The minimum Gasteiger partial charge on any atom is -0.507 e. The summed E-state index contributed by atoms with van der Waals surface area (Å²) in [6, 6.07) is 8.71. The summed E-state index contributed by atoms with van der Waals surface area (Å²) in [7, 11) is 0. The number of halogens is 2. The molecule has 4 heteroatoms. The van der Waals surface area contributed by atoms with Gasteiger partial charge in [-0.15, -0.1) is 0 Å². The van der Waals surface area contributed by atoms with Crippen molar-refractivity contribution in [3.8, 4) is 22.6 Å². The standard InChI is InChI=1S/C12H8BrFO2/c13-7-4-5-8(9(14)6-7)12-10(15)2-1-3-11(12)16/h1-6,15-16H. The number of benzene rings is 2. The van der Waals surface area contributed by atoms with Crippen LogP contribution in [0.5, 0.6) is 11.5 Å². The van der Waals surface area contributed by atoms with Crippen molar-refractivity contribution in [3.05, 3.63) is 46.7 Å². The Morgan fingerprint density at radius 1 is 1.00 bits per heavy atom. The topological polar surface area (TPSA) is 40.5 Å². The van der Waals surface area contributed by atoms with E-state index in [4.69, 9.17) is 0 Å². The van der Waals surface area contributed by atoms with Crippen LogP contribution in [0.3, 0.4) is 0 Å². The van der Waals surface area contributed by atoms with Gasteiger partial charge in [0.25, 0.3) is 0 Å². The molecule has 16 heavy (non-hydrogen) atoms. The van der Waals surface area contributed by atoms with Crippen LogP contribution >= 0.6 is 15.9 Å². The van der Waals surface area contributed by atoms with Crippen LogP contribution in [0.1, 0.15) is 0 Å². The molecule has 2 rings (SSSR count). The molecule has 0 heterocycles. The van der Waals surface area contributed by atoms with E-state index >= 15 is 0 Å². The highest BCUT2D eigenvalue weighted by Crippen LogP contribution is 2.38. The number of rotatable bonds is 1. The second-order valence-electron chi connectivity index (χ2n) is 3.30. The third-order valence-electron chi connectivity index (χ3n) is 2.22. The van der Waals surface area contributed by atoms with E-state index in [9.17, 15) is 14.6 Å². The average molecular weight is 283 g/mol. The molecule has 0 radical (unpaired) electrons. The normalized spacial score (nSPS) is 10.4.